The van der Waals surface area contributed by atoms with E-state index in [1.165, 1.54) is 6.08 Å². The zero-order valence-corrected chi connectivity index (χ0v) is 6.08. The van der Waals surface area contributed by atoms with Crippen molar-refractivity contribution in [3.05, 3.63) is 12.7 Å². The molecule has 0 spiro atoms. The van der Waals surface area contributed by atoms with Crippen LogP contribution < -0.4 is 0 Å². The number of aliphatic hydroxyl groups excluding tert-OH is 2. The zero-order valence-electron chi connectivity index (χ0n) is 6.08. The van der Waals surface area contributed by atoms with E-state index in [1.807, 2.05) is 0 Å². The average Bonchev–Trinajstić information content (AvgIpc) is 1.98. The molecule has 0 radical (unpaired) electrons. The number of hydrogen-bond donors (Lipinski definition) is 2. The number of aliphatic hydroxyl groups is 2. The number of rotatable bonds is 5. The summed E-state index contributed by atoms with van der Waals surface area (Å²) in [5, 5.41) is 17.4. The van der Waals surface area contributed by atoms with Gasteiger partial charge in [0.15, 0.2) is 0 Å². The Morgan fingerprint density at radius 3 is 2.27 bits per heavy atom. The summed E-state index contributed by atoms with van der Waals surface area (Å²) in [6.45, 7) is 3.36. The molecule has 0 saturated carbocycles. The van der Waals surface area contributed by atoms with Crippen molar-refractivity contribution in [3.8, 4) is 0 Å². The van der Waals surface area contributed by atoms with Crippen molar-refractivity contribution in [2.75, 3.05) is 0 Å². The molecule has 0 rings (SSSR count). The molecular formula is C7H12F2O2. The average molecular weight is 166 g/mol. The van der Waals surface area contributed by atoms with E-state index in [1.54, 1.807) is 0 Å². The predicted octanol–water partition coefficient (Wildman–Crippen LogP) is 0.940. The van der Waals surface area contributed by atoms with Crippen molar-refractivity contribution >= 4 is 0 Å². The summed E-state index contributed by atoms with van der Waals surface area (Å²) in [4.78, 5) is 0. The van der Waals surface area contributed by atoms with Crippen LogP contribution in [0, 0.1) is 0 Å². The second-order valence-corrected chi connectivity index (χ2v) is 2.26. The zero-order chi connectivity index (χ0) is 8.85. The number of hydrogen-bond acceptors (Lipinski definition) is 2. The van der Waals surface area contributed by atoms with E-state index in [4.69, 9.17) is 10.2 Å². The fraction of sp³-hybridized carbons (Fsp3) is 0.714. The maximum Gasteiger partial charge on any atom is 0.266 e. The van der Waals surface area contributed by atoms with Crippen molar-refractivity contribution in [1.82, 2.24) is 0 Å². The molecule has 0 unspecified atom stereocenters. The summed E-state index contributed by atoms with van der Waals surface area (Å²) in [5.41, 5.74) is 0. The van der Waals surface area contributed by atoms with Crippen molar-refractivity contribution in [3.63, 3.8) is 0 Å². The predicted molar refractivity (Wildman–Crippen MR) is 37.4 cm³/mol. The van der Waals surface area contributed by atoms with Gasteiger partial charge in [-0.2, -0.15) is 0 Å². The van der Waals surface area contributed by atoms with Gasteiger partial charge in [0.2, 0.25) is 0 Å². The largest absolute Gasteiger partial charge is 0.390 e. The molecule has 4 heteroatoms. The molecule has 0 amide bonds. The first-order chi connectivity index (χ1) is 5.09. The van der Waals surface area contributed by atoms with Crippen LogP contribution in [0.4, 0.5) is 8.78 Å². The Kier molecular flexibility index (Phi) is 4.98. The molecule has 0 fully saturated rings. The first-order valence-corrected chi connectivity index (χ1v) is 3.34. The van der Waals surface area contributed by atoms with Crippen LogP contribution in [-0.2, 0) is 0 Å². The standard InChI is InChI=1S/C7H12F2O2/c1-2-3-4-5(10)6(11)7(8)9/h2,5-7,10-11H,1,3-4H2/t5-,6-/m0/s1. The molecule has 11 heavy (non-hydrogen) atoms. The highest BCUT2D eigenvalue weighted by molar-refractivity contribution is 4.74. The lowest BCUT2D eigenvalue weighted by molar-refractivity contribution is -0.0773. The summed E-state index contributed by atoms with van der Waals surface area (Å²) in [6.07, 6.45) is -4.13. The molecule has 0 aliphatic rings. The summed E-state index contributed by atoms with van der Waals surface area (Å²) < 4.78 is 23.3. The fourth-order valence-electron chi connectivity index (χ4n) is 0.627. The molecule has 0 aromatic heterocycles. The lowest BCUT2D eigenvalue weighted by atomic mass is 10.1. The highest BCUT2D eigenvalue weighted by atomic mass is 19.3. The summed E-state index contributed by atoms with van der Waals surface area (Å²) in [7, 11) is 0. The van der Waals surface area contributed by atoms with Crippen LogP contribution in [0.2, 0.25) is 0 Å². The quantitative estimate of drug-likeness (QED) is 0.597. The maximum absolute atomic E-state index is 11.7. The third-order valence-electron chi connectivity index (χ3n) is 1.32. The summed E-state index contributed by atoms with van der Waals surface area (Å²) in [6, 6.07) is 0. The maximum atomic E-state index is 11.7. The molecule has 0 bridgehead atoms. The van der Waals surface area contributed by atoms with Crippen LogP contribution in [0.15, 0.2) is 12.7 Å². The van der Waals surface area contributed by atoms with Crippen molar-refractivity contribution in [1.29, 1.82) is 0 Å². The Hall–Kier alpha value is -0.480. The normalized spacial score (nSPS) is 16.5. The van der Waals surface area contributed by atoms with Gasteiger partial charge in [-0.1, -0.05) is 6.08 Å². The lowest BCUT2D eigenvalue weighted by Crippen LogP contribution is -2.32. The van der Waals surface area contributed by atoms with E-state index < -0.39 is 18.6 Å². The Balaban J connectivity index is 3.63. The van der Waals surface area contributed by atoms with Crippen LogP contribution in [0.3, 0.4) is 0 Å². The van der Waals surface area contributed by atoms with Crippen LogP contribution >= 0.6 is 0 Å². The van der Waals surface area contributed by atoms with Gasteiger partial charge in [-0.05, 0) is 12.8 Å². The molecule has 0 aliphatic heterocycles. The molecule has 0 aromatic rings. The topological polar surface area (TPSA) is 40.5 Å². The molecule has 2 nitrogen and oxygen atoms in total. The second kappa shape index (κ2) is 5.21. The minimum atomic E-state index is -2.88. The number of alkyl halides is 2. The molecule has 0 aliphatic carbocycles. The van der Waals surface area contributed by atoms with Crippen LogP contribution in [0.1, 0.15) is 12.8 Å². The first kappa shape index (κ1) is 10.5. The first-order valence-electron chi connectivity index (χ1n) is 3.34. The molecule has 66 valence electrons. The van der Waals surface area contributed by atoms with E-state index >= 15 is 0 Å². The van der Waals surface area contributed by atoms with Gasteiger partial charge in [-0.3, -0.25) is 0 Å². The molecule has 0 heterocycles. The Morgan fingerprint density at radius 1 is 1.36 bits per heavy atom. The van der Waals surface area contributed by atoms with Gasteiger partial charge in [0.1, 0.15) is 6.10 Å². The molecule has 2 N–H and O–H groups in total. The smallest absolute Gasteiger partial charge is 0.266 e. The highest BCUT2D eigenvalue weighted by Crippen LogP contribution is 2.09. The van der Waals surface area contributed by atoms with Gasteiger partial charge in [-0.15, -0.1) is 6.58 Å². The third-order valence-corrected chi connectivity index (χ3v) is 1.32. The number of allylic oxidation sites excluding steroid dienone is 1. The van der Waals surface area contributed by atoms with Crippen LogP contribution in [0.25, 0.3) is 0 Å². The minimum Gasteiger partial charge on any atom is -0.390 e. The Morgan fingerprint density at radius 2 is 1.91 bits per heavy atom. The van der Waals surface area contributed by atoms with Gasteiger partial charge < -0.3 is 10.2 Å². The monoisotopic (exact) mass is 166 g/mol. The van der Waals surface area contributed by atoms with E-state index in [-0.39, 0.29) is 6.42 Å². The minimum absolute atomic E-state index is 0.120. The van der Waals surface area contributed by atoms with Crippen LogP contribution in [-0.4, -0.2) is 28.8 Å². The molecule has 0 aromatic carbocycles. The van der Waals surface area contributed by atoms with Gasteiger partial charge in [0, 0.05) is 0 Å². The van der Waals surface area contributed by atoms with Gasteiger partial charge in [0.25, 0.3) is 6.43 Å². The highest BCUT2D eigenvalue weighted by Gasteiger charge is 2.24. The second-order valence-electron chi connectivity index (χ2n) is 2.26. The Bertz CT molecular complexity index is 117. The van der Waals surface area contributed by atoms with E-state index in [9.17, 15) is 8.78 Å². The fourth-order valence-corrected chi connectivity index (χ4v) is 0.627. The summed E-state index contributed by atoms with van der Waals surface area (Å²) in [5.74, 6) is 0. The van der Waals surface area contributed by atoms with E-state index in [0.717, 1.165) is 0 Å². The summed E-state index contributed by atoms with van der Waals surface area (Å²) >= 11 is 0. The van der Waals surface area contributed by atoms with Gasteiger partial charge >= 0.3 is 0 Å². The molecular weight excluding hydrogens is 154 g/mol. The van der Waals surface area contributed by atoms with Crippen molar-refractivity contribution in [2.24, 2.45) is 0 Å². The number of halogens is 2. The molecule has 2 atom stereocenters. The Labute approximate surface area is 64.2 Å². The third kappa shape index (κ3) is 4.06. The van der Waals surface area contributed by atoms with Gasteiger partial charge in [-0.25, -0.2) is 8.78 Å². The van der Waals surface area contributed by atoms with Crippen molar-refractivity contribution < 1.29 is 19.0 Å². The lowest BCUT2D eigenvalue weighted by Gasteiger charge is -2.15. The van der Waals surface area contributed by atoms with Gasteiger partial charge in [0.05, 0.1) is 6.10 Å². The van der Waals surface area contributed by atoms with Crippen LogP contribution in [0.5, 0.6) is 0 Å². The van der Waals surface area contributed by atoms with Crippen molar-refractivity contribution in [2.45, 2.75) is 31.5 Å². The SMILES string of the molecule is C=CCC[C@H](O)[C@H](O)C(F)F. The molecule has 0 saturated heterocycles. The van der Waals surface area contributed by atoms with E-state index in [2.05, 4.69) is 6.58 Å². The van der Waals surface area contributed by atoms with E-state index in [0.29, 0.717) is 6.42 Å².